The molecule has 2 heterocycles. The molecule has 1 aliphatic rings. The van der Waals surface area contributed by atoms with Crippen LogP contribution in [0.5, 0.6) is 0 Å². The van der Waals surface area contributed by atoms with Gasteiger partial charge in [-0.3, -0.25) is 23.6 Å². The Morgan fingerprint density at radius 3 is 2.37 bits per heavy atom. The minimum Gasteiger partial charge on any atom is -0.384 e. The second kappa shape index (κ2) is 7.11. The molecule has 1 unspecified atom stereocenters. The van der Waals surface area contributed by atoms with Gasteiger partial charge in [-0.1, -0.05) is 12.1 Å². The Kier molecular flexibility index (Phi) is 5.01. The molecule has 1 aromatic carbocycles. The van der Waals surface area contributed by atoms with E-state index >= 15 is 0 Å². The third-order valence-electron chi connectivity index (χ3n) is 5.31. The van der Waals surface area contributed by atoms with Gasteiger partial charge in [0.15, 0.2) is 5.78 Å². The van der Waals surface area contributed by atoms with Crippen molar-refractivity contribution in [1.29, 1.82) is 0 Å². The molecule has 1 atom stereocenters. The van der Waals surface area contributed by atoms with Crippen LogP contribution in [0.4, 0.5) is 10.2 Å². The molecule has 0 amide bonds. The van der Waals surface area contributed by atoms with Crippen LogP contribution in [0.15, 0.2) is 33.9 Å². The largest absolute Gasteiger partial charge is 0.384 e. The Bertz CT molecular complexity index is 988. The van der Waals surface area contributed by atoms with E-state index in [9.17, 15) is 18.8 Å². The number of anilines is 1. The Morgan fingerprint density at radius 2 is 1.78 bits per heavy atom. The highest BCUT2D eigenvalue weighted by Crippen LogP contribution is 2.24. The molecule has 3 rings (SSSR count). The molecule has 0 spiro atoms. The molecule has 0 bridgehead atoms. The average Bonchev–Trinajstić information content (AvgIpc) is 2.62. The molecule has 144 valence electrons. The molecular weight excluding hydrogens is 351 g/mol. The van der Waals surface area contributed by atoms with E-state index < -0.39 is 17.3 Å². The normalized spacial score (nSPS) is 16.1. The smallest absolute Gasteiger partial charge is 0.332 e. The molecule has 0 radical (unpaired) electrons. The number of carbonyl (C=O) groups is 1. The number of rotatable bonds is 5. The fourth-order valence-corrected chi connectivity index (χ4v) is 3.48. The highest BCUT2D eigenvalue weighted by atomic mass is 19.1. The lowest BCUT2D eigenvalue weighted by Gasteiger charge is -2.42. The van der Waals surface area contributed by atoms with Crippen molar-refractivity contribution in [1.82, 2.24) is 14.0 Å². The average molecular weight is 374 g/mol. The maximum Gasteiger partial charge on any atom is 0.332 e. The Hall–Kier alpha value is -2.74. The number of carbonyl (C=O) groups excluding carboxylic acids is 1. The van der Waals surface area contributed by atoms with Crippen molar-refractivity contribution in [2.45, 2.75) is 19.4 Å². The number of nitrogens with two attached hydrogens (primary N) is 1. The zero-order valence-electron chi connectivity index (χ0n) is 15.6. The number of nitrogen functional groups attached to an aromatic ring is 1. The van der Waals surface area contributed by atoms with Gasteiger partial charge in [-0.15, -0.1) is 0 Å². The molecular formula is C19H23FN4O3. The lowest BCUT2D eigenvalue weighted by molar-refractivity contribution is 0.0483. The van der Waals surface area contributed by atoms with Crippen LogP contribution in [0.2, 0.25) is 0 Å². The molecule has 1 aromatic heterocycles. The number of halogens is 1. The second-order valence-corrected chi connectivity index (χ2v) is 7.16. The summed E-state index contributed by atoms with van der Waals surface area (Å²) in [6.07, 6.45) is 0.807. The van der Waals surface area contributed by atoms with Crippen LogP contribution in [0.1, 0.15) is 22.8 Å². The van der Waals surface area contributed by atoms with E-state index in [4.69, 9.17) is 5.73 Å². The van der Waals surface area contributed by atoms with Gasteiger partial charge in [-0.05, 0) is 37.0 Å². The highest BCUT2D eigenvalue weighted by molar-refractivity contribution is 6.03. The minimum atomic E-state index is -0.671. The van der Waals surface area contributed by atoms with Crippen molar-refractivity contribution in [3.63, 3.8) is 0 Å². The third-order valence-corrected chi connectivity index (χ3v) is 5.31. The molecule has 0 aliphatic carbocycles. The van der Waals surface area contributed by atoms with Crippen molar-refractivity contribution in [2.24, 2.45) is 20.0 Å². The van der Waals surface area contributed by atoms with Gasteiger partial charge in [-0.25, -0.2) is 9.18 Å². The van der Waals surface area contributed by atoms with Gasteiger partial charge >= 0.3 is 5.69 Å². The zero-order valence-corrected chi connectivity index (χ0v) is 15.6. The second-order valence-electron chi connectivity index (χ2n) is 7.16. The first-order valence-electron chi connectivity index (χ1n) is 8.79. The van der Waals surface area contributed by atoms with Crippen molar-refractivity contribution < 1.29 is 9.18 Å². The maximum absolute atomic E-state index is 13.0. The Balaban J connectivity index is 1.70. The van der Waals surface area contributed by atoms with Crippen molar-refractivity contribution in [3.05, 3.63) is 62.0 Å². The van der Waals surface area contributed by atoms with Crippen LogP contribution < -0.4 is 17.0 Å². The van der Waals surface area contributed by atoms with Crippen molar-refractivity contribution >= 4 is 11.6 Å². The predicted octanol–water partition coefficient (Wildman–Crippen LogP) is 0.551. The van der Waals surface area contributed by atoms with E-state index in [1.54, 1.807) is 19.1 Å². The van der Waals surface area contributed by atoms with Crippen molar-refractivity contribution in [3.8, 4) is 0 Å². The molecule has 0 saturated carbocycles. The molecule has 27 heavy (non-hydrogen) atoms. The summed E-state index contributed by atoms with van der Waals surface area (Å²) in [5, 5.41) is 0. The van der Waals surface area contributed by atoms with E-state index in [0.29, 0.717) is 19.0 Å². The summed E-state index contributed by atoms with van der Waals surface area (Å²) >= 11 is 0. The van der Waals surface area contributed by atoms with E-state index in [1.807, 2.05) is 4.90 Å². The monoisotopic (exact) mass is 374 g/mol. The summed E-state index contributed by atoms with van der Waals surface area (Å²) in [4.78, 5) is 39.1. The quantitative estimate of drug-likeness (QED) is 0.772. The summed E-state index contributed by atoms with van der Waals surface area (Å²) in [6, 6.07) is 5.90. The third kappa shape index (κ3) is 3.44. The first-order chi connectivity index (χ1) is 12.7. The fourth-order valence-electron chi connectivity index (χ4n) is 3.48. The Morgan fingerprint density at radius 1 is 1.19 bits per heavy atom. The maximum atomic E-state index is 13.0. The molecule has 7 nitrogen and oxygen atoms in total. The summed E-state index contributed by atoms with van der Waals surface area (Å²) in [6.45, 7) is 3.15. The first kappa shape index (κ1) is 19.0. The van der Waals surface area contributed by atoms with Gasteiger partial charge < -0.3 is 5.73 Å². The van der Waals surface area contributed by atoms with E-state index in [0.717, 1.165) is 21.1 Å². The van der Waals surface area contributed by atoms with Crippen LogP contribution in [-0.4, -0.2) is 38.9 Å². The number of hydrogen-bond acceptors (Lipinski definition) is 5. The lowest BCUT2D eigenvalue weighted by Crippen LogP contribution is -2.55. The first-order valence-corrected chi connectivity index (χ1v) is 8.79. The van der Waals surface area contributed by atoms with E-state index in [1.165, 1.54) is 26.2 Å². The van der Waals surface area contributed by atoms with Gasteiger partial charge in [0.25, 0.3) is 5.56 Å². The van der Waals surface area contributed by atoms with Crippen LogP contribution in [0, 0.1) is 11.7 Å². The summed E-state index contributed by atoms with van der Waals surface area (Å²) in [7, 11) is 2.76. The van der Waals surface area contributed by atoms with Crippen LogP contribution in [0.3, 0.4) is 0 Å². The van der Waals surface area contributed by atoms with Crippen LogP contribution in [-0.2, 0) is 20.5 Å². The molecule has 2 N–H and O–H groups in total. The summed E-state index contributed by atoms with van der Waals surface area (Å²) < 4.78 is 15.0. The van der Waals surface area contributed by atoms with Gasteiger partial charge in [0.1, 0.15) is 17.2 Å². The number of nitrogens with zero attached hydrogens (tertiary/aromatic N) is 3. The SMILES string of the molecule is CC(C(=O)c1c(N)n(C)c(=O)n(C)c1=O)N1CC(Cc2ccc(F)cc2)C1. The molecule has 1 saturated heterocycles. The highest BCUT2D eigenvalue weighted by Gasteiger charge is 2.35. The number of Topliss-reactive ketones (excluding diaryl/α,β-unsaturated/α-hetero) is 1. The minimum absolute atomic E-state index is 0.108. The molecule has 8 heteroatoms. The van der Waals surface area contributed by atoms with Crippen LogP contribution in [0.25, 0.3) is 0 Å². The standard InChI is InChI=1S/C19H23FN4O3/c1-11(16(25)15-17(21)22(2)19(27)23(3)18(15)26)24-9-13(10-24)8-12-4-6-14(20)7-5-12/h4-7,11,13H,8-10,21H2,1-3H3. The molecule has 2 aromatic rings. The molecule has 1 aliphatic heterocycles. The number of ketones is 1. The Labute approximate surface area is 155 Å². The van der Waals surface area contributed by atoms with E-state index in [-0.39, 0.29) is 23.0 Å². The molecule has 1 fully saturated rings. The number of likely N-dealkylation sites (tertiary alicyclic amines) is 1. The van der Waals surface area contributed by atoms with Gasteiger partial charge in [-0.2, -0.15) is 0 Å². The van der Waals surface area contributed by atoms with Gasteiger partial charge in [0.2, 0.25) is 0 Å². The lowest BCUT2D eigenvalue weighted by atomic mass is 9.89. The topological polar surface area (TPSA) is 90.3 Å². The van der Waals surface area contributed by atoms with E-state index in [2.05, 4.69) is 0 Å². The van der Waals surface area contributed by atoms with Crippen molar-refractivity contribution in [2.75, 3.05) is 18.8 Å². The van der Waals surface area contributed by atoms with Crippen LogP contribution >= 0.6 is 0 Å². The number of benzene rings is 1. The zero-order chi connectivity index (χ0) is 19.9. The summed E-state index contributed by atoms with van der Waals surface area (Å²) in [5.74, 6) is -0.386. The van der Waals surface area contributed by atoms with Gasteiger partial charge in [0, 0.05) is 27.2 Å². The predicted molar refractivity (Wildman–Crippen MR) is 100 cm³/mol. The number of hydrogen-bond donors (Lipinski definition) is 1. The fraction of sp³-hybridized carbons (Fsp3) is 0.421. The summed E-state index contributed by atoms with van der Waals surface area (Å²) in [5.41, 5.74) is 5.55. The number of aromatic nitrogens is 2. The van der Waals surface area contributed by atoms with Gasteiger partial charge in [0.05, 0.1) is 6.04 Å².